The second-order valence-electron chi connectivity index (χ2n) is 6.14. The summed E-state index contributed by atoms with van der Waals surface area (Å²) < 4.78 is 5.16. The van der Waals surface area contributed by atoms with Crippen LogP contribution in [-0.4, -0.2) is 31.3 Å². The SMILES string of the molecule is CC(C)(C)OC(=O)NCCCNCC1CC=CCC1. The Balaban J connectivity index is 1.93. The molecular formula is C15H28N2O2. The van der Waals surface area contributed by atoms with Crippen LogP contribution in [0.3, 0.4) is 0 Å². The highest BCUT2D eigenvalue weighted by atomic mass is 16.6. The van der Waals surface area contributed by atoms with Crippen LogP contribution in [0.1, 0.15) is 46.5 Å². The lowest BCUT2D eigenvalue weighted by atomic mass is 9.94. The smallest absolute Gasteiger partial charge is 0.407 e. The maximum Gasteiger partial charge on any atom is 0.407 e. The molecule has 4 heteroatoms. The Kier molecular flexibility index (Phi) is 6.92. The Bertz CT molecular complexity index is 295. The Labute approximate surface area is 117 Å². The maximum absolute atomic E-state index is 11.4. The number of carbonyl (C=O) groups excluding carboxylic acids is 1. The van der Waals surface area contributed by atoms with E-state index in [1.807, 2.05) is 20.8 Å². The van der Waals surface area contributed by atoms with Crippen LogP contribution in [0.5, 0.6) is 0 Å². The molecule has 1 unspecified atom stereocenters. The van der Waals surface area contributed by atoms with Gasteiger partial charge in [0.05, 0.1) is 0 Å². The van der Waals surface area contributed by atoms with E-state index in [9.17, 15) is 4.79 Å². The van der Waals surface area contributed by atoms with Crippen molar-refractivity contribution in [2.45, 2.75) is 52.1 Å². The third-order valence-electron chi connectivity index (χ3n) is 3.01. The molecule has 1 amide bonds. The van der Waals surface area contributed by atoms with E-state index in [2.05, 4.69) is 22.8 Å². The van der Waals surface area contributed by atoms with Crippen molar-refractivity contribution in [2.75, 3.05) is 19.6 Å². The molecule has 2 N–H and O–H groups in total. The van der Waals surface area contributed by atoms with E-state index >= 15 is 0 Å². The number of ether oxygens (including phenoxy) is 1. The van der Waals surface area contributed by atoms with Crippen molar-refractivity contribution >= 4 is 6.09 Å². The van der Waals surface area contributed by atoms with Gasteiger partial charge in [0.15, 0.2) is 0 Å². The van der Waals surface area contributed by atoms with E-state index in [0.717, 1.165) is 25.4 Å². The Morgan fingerprint density at radius 3 is 2.74 bits per heavy atom. The van der Waals surface area contributed by atoms with Crippen molar-refractivity contribution in [1.82, 2.24) is 10.6 Å². The van der Waals surface area contributed by atoms with Crippen LogP contribution in [-0.2, 0) is 4.74 Å². The van der Waals surface area contributed by atoms with Crippen LogP contribution >= 0.6 is 0 Å². The van der Waals surface area contributed by atoms with Crippen molar-refractivity contribution in [3.8, 4) is 0 Å². The zero-order chi connectivity index (χ0) is 14.1. The molecule has 4 nitrogen and oxygen atoms in total. The number of carbonyl (C=O) groups is 1. The first-order chi connectivity index (χ1) is 8.97. The van der Waals surface area contributed by atoms with Crippen molar-refractivity contribution in [3.63, 3.8) is 0 Å². The molecule has 0 radical (unpaired) electrons. The fraction of sp³-hybridized carbons (Fsp3) is 0.800. The molecule has 0 aromatic rings. The normalized spacial score (nSPS) is 19.2. The second kappa shape index (κ2) is 8.20. The van der Waals surface area contributed by atoms with Gasteiger partial charge >= 0.3 is 6.09 Å². The Morgan fingerprint density at radius 2 is 2.11 bits per heavy atom. The molecule has 0 heterocycles. The lowest BCUT2D eigenvalue weighted by Crippen LogP contribution is -2.34. The number of hydrogen-bond acceptors (Lipinski definition) is 3. The molecule has 110 valence electrons. The Hall–Kier alpha value is -1.03. The molecule has 1 aliphatic rings. The molecular weight excluding hydrogens is 240 g/mol. The molecule has 0 saturated carbocycles. The average Bonchev–Trinajstić information content (AvgIpc) is 2.32. The van der Waals surface area contributed by atoms with Crippen molar-refractivity contribution in [3.05, 3.63) is 12.2 Å². The highest BCUT2D eigenvalue weighted by molar-refractivity contribution is 5.67. The van der Waals surface area contributed by atoms with E-state index < -0.39 is 5.60 Å². The van der Waals surface area contributed by atoms with Gasteiger partial charge < -0.3 is 15.4 Å². The van der Waals surface area contributed by atoms with Gasteiger partial charge in [-0.3, -0.25) is 0 Å². The van der Waals surface area contributed by atoms with Gasteiger partial charge in [-0.2, -0.15) is 0 Å². The molecule has 0 saturated heterocycles. The lowest BCUT2D eigenvalue weighted by Gasteiger charge is -2.20. The minimum absolute atomic E-state index is 0.329. The zero-order valence-electron chi connectivity index (χ0n) is 12.5. The van der Waals surface area contributed by atoms with E-state index in [1.54, 1.807) is 0 Å². The standard InChI is InChI=1S/C15H28N2O2/c1-15(2,3)19-14(18)17-11-7-10-16-12-13-8-5-4-6-9-13/h4-5,13,16H,6-12H2,1-3H3,(H,17,18). The molecule has 0 spiro atoms. The first kappa shape index (κ1) is 16.0. The van der Waals surface area contributed by atoms with Gasteiger partial charge in [-0.1, -0.05) is 12.2 Å². The topological polar surface area (TPSA) is 50.4 Å². The fourth-order valence-corrected chi connectivity index (χ4v) is 2.07. The predicted molar refractivity (Wildman–Crippen MR) is 78.2 cm³/mol. The molecule has 19 heavy (non-hydrogen) atoms. The summed E-state index contributed by atoms with van der Waals surface area (Å²) in [6, 6.07) is 0. The summed E-state index contributed by atoms with van der Waals surface area (Å²) in [5.41, 5.74) is -0.420. The number of amides is 1. The quantitative estimate of drug-likeness (QED) is 0.575. The zero-order valence-corrected chi connectivity index (χ0v) is 12.5. The number of hydrogen-bond donors (Lipinski definition) is 2. The largest absolute Gasteiger partial charge is 0.444 e. The molecule has 0 aliphatic heterocycles. The van der Waals surface area contributed by atoms with Crippen molar-refractivity contribution < 1.29 is 9.53 Å². The fourth-order valence-electron chi connectivity index (χ4n) is 2.07. The van der Waals surface area contributed by atoms with Crippen LogP contribution in [0.4, 0.5) is 4.79 Å². The van der Waals surface area contributed by atoms with E-state index in [4.69, 9.17) is 4.74 Å². The first-order valence-corrected chi connectivity index (χ1v) is 7.30. The minimum atomic E-state index is -0.420. The predicted octanol–water partition coefficient (Wildman–Crippen LogP) is 2.85. The summed E-state index contributed by atoms with van der Waals surface area (Å²) in [6.45, 7) is 8.28. The highest BCUT2D eigenvalue weighted by Crippen LogP contribution is 2.16. The Morgan fingerprint density at radius 1 is 1.32 bits per heavy atom. The van der Waals surface area contributed by atoms with Crippen LogP contribution in [0.2, 0.25) is 0 Å². The summed E-state index contributed by atoms with van der Waals surface area (Å²) in [7, 11) is 0. The van der Waals surface area contributed by atoms with Crippen molar-refractivity contribution in [2.24, 2.45) is 5.92 Å². The summed E-state index contributed by atoms with van der Waals surface area (Å²) in [4.78, 5) is 11.4. The summed E-state index contributed by atoms with van der Waals surface area (Å²) >= 11 is 0. The van der Waals surface area contributed by atoms with Crippen molar-refractivity contribution in [1.29, 1.82) is 0 Å². The molecule has 0 bridgehead atoms. The van der Waals surface area contributed by atoms with Gasteiger partial charge in [-0.05, 0) is 65.5 Å². The number of rotatable bonds is 6. The molecule has 0 aromatic heterocycles. The van der Waals surface area contributed by atoms with Gasteiger partial charge in [0.2, 0.25) is 0 Å². The first-order valence-electron chi connectivity index (χ1n) is 7.30. The third kappa shape index (κ3) is 8.65. The van der Waals surface area contributed by atoms with Crippen LogP contribution in [0.15, 0.2) is 12.2 Å². The molecule has 1 aliphatic carbocycles. The van der Waals surface area contributed by atoms with Gasteiger partial charge in [-0.15, -0.1) is 0 Å². The molecule has 1 rings (SSSR count). The third-order valence-corrected chi connectivity index (χ3v) is 3.01. The van der Waals surface area contributed by atoms with Gasteiger partial charge in [0.1, 0.15) is 5.60 Å². The molecule has 0 fully saturated rings. The lowest BCUT2D eigenvalue weighted by molar-refractivity contribution is 0.0527. The van der Waals surface area contributed by atoms with Crippen LogP contribution < -0.4 is 10.6 Å². The summed E-state index contributed by atoms with van der Waals surface area (Å²) in [5.74, 6) is 0.781. The van der Waals surface area contributed by atoms with E-state index in [1.165, 1.54) is 19.3 Å². The van der Waals surface area contributed by atoms with Crippen LogP contribution in [0, 0.1) is 5.92 Å². The van der Waals surface area contributed by atoms with E-state index in [-0.39, 0.29) is 6.09 Å². The van der Waals surface area contributed by atoms with Gasteiger partial charge in [0.25, 0.3) is 0 Å². The highest BCUT2D eigenvalue weighted by Gasteiger charge is 2.15. The summed E-state index contributed by atoms with van der Waals surface area (Å²) in [6.07, 6.45) is 8.85. The maximum atomic E-state index is 11.4. The second-order valence-corrected chi connectivity index (χ2v) is 6.14. The number of nitrogens with one attached hydrogen (secondary N) is 2. The van der Waals surface area contributed by atoms with E-state index in [0.29, 0.717) is 6.54 Å². The van der Waals surface area contributed by atoms with Crippen LogP contribution in [0.25, 0.3) is 0 Å². The number of alkyl carbamates (subject to hydrolysis) is 1. The van der Waals surface area contributed by atoms with Gasteiger partial charge in [-0.25, -0.2) is 4.79 Å². The monoisotopic (exact) mass is 268 g/mol. The average molecular weight is 268 g/mol. The molecule has 1 atom stereocenters. The number of allylic oxidation sites excluding steroid dienone is 2. The minimum Gasteiger partial charge on any atom is -0.444 e. The summed E-state index contributed by atoms with van der Waals surface area (Å²) in [5, 5.41) is 6.22. The molecule has 0 aromatic carbocycles. The van der Waals surface area contributed by atoms with Gasteiger partial charge in [0, 0.05) is 6.54 Å².